The molecule has 0 aromatic heterocycles. The van der Waals surface area contributed by atoms with E-state index in [2.05, 4.69) is 0 Å². The summed E-state index contributed by atoms with van der Waals surface area (Å²) >= 11 is 0. The number of aliphatic hydroxyl groups excluding tert-OH is 1. The number of ether oxygens (including phenoxy) is 2. The van der Waals surface area contributed by atoms with Crippen LogP contribution in [-0.2, 0) is 9.47 Å². The average Bonchev–Trinajstić information content (AvgIpc) is 1.88. The van der Waals surface area contributed by atoms with Crippen LogP contribution in [-0.4, -0.2) is 31.7 Å². The van der Waals surface area contributed by atoms with Gasteiger partial charge >= 0.3 is 0 Å². The van der Waals surface area contributed by atoms with Crippen molar-refractivity contribution in [3.8, 4) is 0 Å². The van der Waals surface area contributed by atoms with E-state index in [-0.39, 0.29) is 12.9 Å². The minimum absolute atomic E-state index is 0.110. The topological polar surface area (TPSA) is 38.7 Å². The zero-order valence-electron chi connectivity index (χ0n) is 5.96. The second kappa shape index (κ2) is 6.01. The summed E-state index contributed by atoms with van der Waals surface area (Å²) in [5, 5.41) is 8.43. The van der Waals surface area contributed by atoms with Crippen molar-refractivity contribution in [3.63, 3.8) is 0 Å². The van der Waals surface area contributed by atoms with Crippen molar-refractivity contribution in [2.24, 2.45) is 0 Å². The Hall–Kier alpha value is -0.120. The molecule has 1 N–H and O–H groups in total. The zero-order valence-corrected chi connectivity index (χ0v) is 5.96. The first-order valence-electron chi connectivity index (χ1n) is 3.10. The van der Waals surface area contributed by atoms with Gasteiger partial charge in [0.15, 0.2) is 6.29 Å². The van der Waals surface area contributed by atoms with Crippen LogP contribution in [0.5, 0.6) is 0 Å². The molecule has 0 amide bonds. The fraction of sp³-hybridized carbons (Fsp3) is 1.00. The lowest BCUT2D eigenvalue weighted by Gasteiger charge is -2.12. The summed E-state index contributed by atoms with van der Waals surface area (Å²) in [4.78, 5) is 0. The lowest BCUT2D eigenvalue weighted by molar-refractivity contribution is -0.128. The molecule has 0 saturated carbocycles. The summed E-state index contributed by atoms with van der Waals surface area (Å²) in [6, 6.07) is 0. The standard InChI is InChI=1S/C6H14O3/c1-3-9-6(8-2)4-5-7/h6-7H,3-5H2,1-2H3. The van der Waals surface area contributed by atoms with Crippen LogP contribution in [0, 0.1) is 0 Å². The van der Waals surface area contributed by atoms with Gasteiger partial charge in [0.2, 0.25) is 0 Å². The Balaban J connectivity index is 3.18. The van der Waals surface area contributed by atoms with Gasteiger partial charge in [0.05, 0.1) is 0 Å². The highest BCUT2D eigenvalue weighted by molar-refractivity contribution is 4.39. The monoisotopic (exact) mass is 134 g/mol. The summed E-state index contributed by atoms with van der Waals surface area (Å²) in [6.45, 7) is 2.63. The van der Waals surface area contributed by atoms with E-state index >= 15 is 0 Å². The highest BCUT2D eigenvalue weighted by atomic mass is 16.7. The fourth-order valence-corrected chi connectivity index (χ4v) is 0.561. The molecule has 3 nitrogen and oxygen atoms in total. The van der Waals surface area contributed by atoms with E-state index in [9.17, 15) is 0 Å². The molecule has 0 aromatic carbocycles. The molecule has 0 saturated heterocycles. The van der Waals surface area contributed by atoms with Crippen LogP contribution in [0.2, 0.25) is 0 Å². The van der Waals surface area contributed by atoms with Crippen LogP contribution < -0.4 is 0 Å². The molecule has 0 aromatic rings. The Morgan fingerprint density at radius 1 is 1.56 bits per heavy atom. The highest BCUT2D eigenvalue weighted by Crippen LogP contribution is 1.96. The maximum Gasteiger partial charge on any atom is 0.159 e. The van der Waals surface area contributed by atoms with Gasteiger partial charge < -0.3 is 14.6 Å². The summed E-state index contributed by atoms with van der Waals surface area (Å²) in [5.74, 6) is 0. The van der Waals surface area contributed by atoms with E-state index in [0.717, 1.165) is 0 Å². The van der Waals surface area contributed by atoms with Crippen molar-refractivity contribution in [2.75, 3.05) is 20.3 Å². The molecule has 0 radical (unpaired) electrons. The predicted molar refractivity (Wildman–Crippen MR) is 34.1 cm³/mol. The third-order valence-corrected chi connectivity index (χ3v) is 0.980. The minimum Gasteiger partial charge on any atom is -0.396 e. The Kier molecular flexibility index (Phi) is 5.93. The van der Waals surface area contributed by atoms with Crippen molar-refractivity contribution < 1.29 is 14.6 Å². The summed E-state index contributed by atoms with van der Waals surface area (Å²) in [5.41, 5.74) is 0. The maximum atomic E-state index is 8.43. The molecule has 0 aliphatic carbocycles. The maximum absolute atomic E-state index is 8.43. The second-order valence-corrected chi connectivity index (χ2v) is 1.63. The first-order valence-corrected chi connectivity index (χ1v) is 3.10. The molecule has 0 bridgehead atoms. The van der Waals surface area contributed by atoms with E-state index in [0.29, 0.717) is 13.0 Å². The normalized spacial score (nSPS) is 13.7. The molecule has 0 aliphatic rings. The largest absolute Gasteiger partial charge is 0.396 e. The van der Waals surface area contributed by atoms with Gasteiger partial charge in [0.1, 0.15) is 0 Å². The second-order valence-electron chi connectivity index (χ2n) is 1.63. The van der Waals surface area contributed by atoms with E-state index < -0.39 is 0 Å². The summed E-state index contributed by atoms with van der Waals surface area (Å²) < 4.78 is 9.90. The van der Waals surface area contributed by atoms with Gasteiger partial charge in [-0.3, -0.25) is 0 Å². The van der Waals surface area contributed by atoms with Gasteiger partial charge in [-0.2, -0.15) is 0 Å². The van der Waals surface area contributed by atoms with Crippen LogP contribution in [0.1, 0.15) is 13.3 Å². The van der Waals surface area contributed by atoms with Crippen LogP contribution in [0.25, 0.3) is 0 Å². The predicted octanol–water partition coefficient (Wildman–Crippen LogP) is 0.378. The number of rotatable bonds is 5. The van der Waals surface area contributed by atoms with Gasteiger partial charge in [0, 0.05) is 26.7 Å². The molecule has 0 aliphatic heterocycles. The lowest BCUT2D eigenvalue weighted by Crippen LogP contribution is -2.16. The molecular weight excluding hydrogens is 120 g/mol. The van der Waals surface area contributed by atoms with E-state index in [1.165, 1.54) is 0 Å². The highest BCUT2D eigenvalue weighted by Gasteiger charge is 2.02. The molecule has 3 heteroatoms. The van der Waals surface area contributed by atoms with E-state index in [4.69, 9.17) is 14.6 Å². The van der Waals surface area contributed by atoms with Gasteiger partial charge in [-0.05, 0) is 6.92 Å². The SMILES string of the molecule is CCOC(CCO)OC. The summed E-state index contributed by atoms with van der Waals surface area (Å²) in [7, 11) is 1.57. The fourth-order valence-electron chi connectivity index (χ4n) is 0.561. The van der Waals surface area contributed by atoms with Crippen molar-refractivity contribution in [3.05, 3.63) is 0 Å². The van der Waals surface area contributed by atoms with Crippen LogP contribution in [0.15, 0.2) is 0 Å². The molecule has 1 atom stereocenters. The molecule has 0 heterocycles. The van der Waals surface area contributed by atoms with Gasteiger partial charge in [-0.15, -0.1) is 0 Å². The van der Waals surface area contributed by atoms with Gasteiger partial charge in [0.25, 0.3) is 0 Å². The Bertz CT molecular complexity index is 50.3. The van der Waals surface area contributed by atoms with Gasteiger partial charge in [-0.25, -0.2) is 0 Å². The molecule has 0 spiro atoms. The lowest BCUT2D eigenvalue weighted by atomic mass is 10.4. The molecule has 0 rings (SSSR count). The summed E-state index contributed by atoms with van der Waals surface area (Å²) in [6.07, 6.45) is 0.310. The van der Waals surface area contributed by atoms with Crippen molar-refractivity contribution in [2.45, 2.75) is 19.6 Å². The van der Waals surface area contributed by atoms with E-state index in [1.807, 2.05) is 6.92 Å². The molecule has 56 valence electrons. The smallest absolute Gasteiger partial charge is 0.159 e. The third-order valence-electron chi connectivity index (χ3n) is 0.980. The third kappa shape index (κ3) is 4.39. The Labute approximate surface area is 55.6 Å². The molecule has 0 fully saturated rings. The van der Waals surface area contributed by atoms with Crippen molar-refractivity contribution in [1.29, 1.82) is 0 Å². The zero-order chi connectivity index (χ0) is 7.11. The van der Waals surface area contributed by atoms with Crippen LogP contribution in [0.4, 0.5) is 0 Å². The first kappa shape index (κ1) is 8.88. The molecular formula is C6H14O3. The van der Waals surface area contributed by atoms with Crippen molar-refractivity contribution >= 4 is 0 Å². The number of methoxy groups -OCH3 is 1. The average molecular weight is 134 g/mol. The number of hydrogen-bond acceptors (Lipinski definition) is 3. The first-order chi connectivity index (χ1) is 4.35. The molecule has 9 heavy (non-hydrogen) atoms. The van der Waals surface area contributed by atoms with Crippen LogP contribution in [0.3, 0.4) is 0 Å². The molecule has 1 unspecified atom stereocenters. The Morgan fingerprint density at radius 3 is 2.56 bits per heavy atom. The van der Waals surface area contributed by atoms with Gasteiger partial charge in [-0.1, -0.05) is 0 Å². The van der Waals surface area contributed by atoms with E-state index in [1.54, 1.807) is 7.11 Å². The van der Waals surface area contributed by atoms with Crippen molar-refractivity contribution in [1.82, 2.24) is 0 Å². The minimum atomic E-state index is -0.236. The Morgan fingerprint density at radius 2 is 2.22 bits per heavy atom. The number of aliphatic hydroxyl groups is 1. The quantitative estimate of drug-likeness (QED) is 0.552. The number of hydrogen-bond donors (Lipinski definition) is 1. The van der Waals surface area contributed by atoms with Crippen LogP contribution >= 0.6 is 0 Å².